The maximum absolute atomic E-state index is 12.5. The Bertz CT molecular complexity index is 1010. The lowest BCUT2D eigenvalue weighted by Gasteiger charge is -2.22. The Morgan fingerprint density at radius 2 is 0.528 bits per heavy atom. The quantitative estimate of drug-likeness (QED) is 0.0420. The lowest BCUT2D eigenvalue weighted by atomic mass is 10.0. The Morgan fingerprint density at radius 3 is 0.764 bits per heavy atom. The van der Waals surface area contributed by atoms with Gasteiger partial charge in [0, 0.05) is 6.42 Å². The Labute approximate surface area is 454 Å². The number of nitrogens with one attached hydrogen (secondary N) is 1. The van der Waals surface area contributed by atoms with Crippen LogP contribution in [0.3, 0.4) is 0 Å². The third kappa shape index (κ3) is 60.0. The second-order valence-corrected chi connectivity index (χ2v) is 23.6. The number of aliphatic hydroxyl groups excluding tert-OH is 2. The van der Waals surface area contributed by atoms with Crippen molar-refractivity contribution in [2.75, 3.05) is 6.61 Å². The van der Waals surface area contributed by atoms with Gasteiger partial charge in [0.15, 0.2) is 0 Å². The first kappa shape index (κ1) is 71.1. The Kier molecular flexibility index (Phi) is 63.6. The molecular weight excluding hydrogens is 879 g/mol. The van der Waals surface area contributed by atoms with Crippen LogP contribution in [0.15, 0.2) is 12.2 Å². The standard InChI is InChI=1S/C68H135NO3/c1-3-5-7-9-11-13-15-17-19-21-23-25-27-29-31-33-34-36-37-39-41-43-45-47-49-51-53-55-57-59-61-63-67(71)66(65-70)69-68(72)64-62-60-58-56-54-52-50-48-46-44-42-40-38-35-32-30-28-26-24-22-20-18-16-14-12-10-8-6-4-2/h22,24,66-67,70-71H,3-21,23,25-65H2,1-2H3,(H,69,72)/b24-22-. The number of carbonyl (C=O) groups excluding carboxylic acids is 1. The van der Waals surface area contributed by atoms with E-state index >= 15 is 0 Å². The zero-order valence-corrected chi connectivity index (χ0v) is 49.7. The predicted octanol–water partition coefficient (Wildman–Crippen LogP) is 22.8. The van der Waals surface area contributed by atoms with Gasteiger partial charge in [-0.05, 0) is 38.5 Å². The van der Waals surface area contributed by atoms with Crippen LogP contribution < -0.4 is 5.32 Å². The maximum atomic E-state index is 12.5. The van der Waals surface area contributed by atoms with Gasteiger partial charge >= 0.3 is 0 Å². The van der Waals surface area contributed by atoms with E-state index in [4.69, 9.17) is 0 Å². The molecule has 0 aromatic heterocycles. The third-order valence-electron chi connectivity index (χ3n) is 16.3. The van der Waals surface area contributed by atoms with E-state index < -0.39 is 12.1 Å². The average Bonchev–Trinajstić information content (AvgIpc) is 3.39. The highest BCUT2D eigenvalue weighted by molar-refractivity contribution is 5.76. The molecule has 4 heteroatoms. The van der Waals surface area contributed by atoms with Gasteiger partial charge in [-0.2, -0.15) is 0 Å². The van der Waals surface area contributed by atoms with Crippen molar-refractivity contribution in [2.45, 2.75) is 411 Å². The van der Waals surface area contributed by atoms with Crippen LogP contribution in [0.25, 0.3) is 0 Å². The van der Waals surface area contributed by atoms with Gasteiger partial charge in [-0.15, -0.1) is 0 Å². The molecule has 0 fully saturated rings. The molecule has 3 N–H and O–H groups in total. The van der Waals surface area contributed by atoms with E-state index in [0.29, 0.717) is 12.8 Å². The lowest BCUT2D eigenvalue weighted by Crippen LogP contribution is -2.45. The number of hydrogen-bond acceptors (Lipinski definition) is 3. The van der Waals surface area contributed by atoms with Crippen molar-refractivity contribution >= 4 is 5.91 Å². The van der Waals surface area contributed by atoms with Crippen LogP contribution in [-0.2, 0) is 4.79 Å². The smallest absolute Gasteiger partial charge is 0.220 e. The molecule has 1 amide bonds. The van der Waals surface area contributed by atoms with Crippen LogP contribution in [0, 0.1) is 0 Å². The van der Waals surface area contributed by atoms with Crippen molar-refractivity contribution in [1.29, 1.82) is 0 Å². The maximum Gasteiger partial charge on any atom is 0.220 e. The molecule has 0 spiro atoms. The summed E-state index contributed by atoms with van der Waals surface area (Å²) >= 11 is 0. The molecule has 72 heavy (non-hydrogen) atoms. The van der Waals surface area contributed by atoms with Gasteiger partial charge in [0.05, 0.1) is 18.8 Å². The molecule has 430 valence electrons. The van der Waals surface area contributed by atoms with Crippen LogP contribution in [0.5, 0.6) is 0 Å². The molecule has 2 atom stereocenters. The number of hydrogen-bond donors (Lipinski definition) is 3. The van der Waals surface area contributed by atoms with E-state index in [2.05, 4.69) is 31.3 Å². The molecule has 0 aliphatic rings. The van der Waals surface area contributed by atoms with Gasteiger partial charge < -0.3 is 15.5 Å². The Balaban J connectivity index is 3.38. The highest BCUT2D eigenvalue weighted by Gasteiger charge is 2.20. The van der Waals surface area contributed by atoms with Crippen LogP contribution in [-0.4, -0.2) is 34.9 Å². The molecular formula is C68H135NO3. The van der Waals surface area contributed by atoms with E-state index in [1.165, 1.54) is 347 Å². The molecule has 0 aromatic rings. The van der Waals surface area contributed by atoms with Gasteiger partial charge in [0.2, 0.25) is 5.91 Å². The van der Waals surface area contributed by atoms with Crippen molar-refractivity contribution in [3.63, 3.8) is 0 Å². The van der Waals surface area contributed by atoms with Gasteiger partial charge in [-0.3, -0.25) is 4.79 Å². The van der Waals surface area contributed by atoms with Crippen molar-refractivity contribution in [1.82, 2.24) is 5.32 Å². The summed E-state index contributed by atoms with van der Waals surface area (Å²) in [4.78, 5) is 12.5. The largest absolute Gasteiger partial charge is 0.394 e. The number of carbonyl (C=O) groups is 1. The summed E-state index contributed by atoms with van der Waals surface area (Å²) in [5, 5.41) is 23.5. The highest BCUT2D eigenvalue weighted by Crippen LogP contribution is 2.19. The minimum absolute atomic E-state index is 0.0216. The van der Waals surface area contributed by atoms with Crippen molar-refractivity contribution < 1.29 is 15.0 Å². The van der Waals surface area contributed by atoms with Crippen LogP contribution in [0.4, 0.5) is 0 Å². The first-order valence-corrected chi connectivity index (χ1v) is 33.9. The molecule has 0 radical (unpaired) electrons. The molecule has 0 aromatic carbocycles. The molecule has 0 bridgehead atoms. The third-order valence-corrected chi connectivity index (χ3v) is 16.3. The van der Waals surface area contributed by atoms with Crippen molar-refractivity contribution in [3.05, 3.63) is 12.2 Å². The lowest BCUT2D eigenvalue weighted by molar-refractivity contribution is -0.123. The minimum atomic E-state index is -0.658. The van der Waals surface area contributed by atoms with Crippen molar-refractivity contribution in [2.24, 2.45) is 0 Å². The molecule has 0 aliphatic heterocycles. The summed E-state index contributed by atoms with van der Waals surface area (Å²) in [5.41, 5.74) is 0. The second kappa shape index (κ2) is 64.4. The SMILES string of the molecule is CCCCCCCCCC/C=C\CCCCCCCCCCCCCCCCCCCC(=O)NC(CO)C(O)CCCCCCCCCCCCCCCCCCCCCCCCCCCCCCCCC. The molecule has 2 unspecified atom stereocenters. The molecule has 0 saturated heterocycles. The minimum Gasteiger partial charge on any atom is -0.394 e. The van der Waals surface area contributed by atoms with E-state index in [-0.39, 0.29) is 12.5 Å². The van der Waals surface area contributed by atoms with Gasteiger partial charge in [-0.1, -0.05) is 366 Å². The fraction of sp³-hybridized carbons (Fsp3) is 0.956. The summed E-state index contributed by atoms with van der Waals surface area (Å²) < 4.78 is 0. The van der Waals surface area contributed by atoms with E-state index in [9.17, 15) is 15.0 Å². The van der Waals surface area contributed by atoms with Gasteiger partial charge in [0.1, 0.15) is 0 Å². The molecule has 0 rings (SSSR count). The zero-order chi connectivity index (χ0) is 52.0. The van der Waals surface area contributed by atoms with Crippen molar-refractivity contribution in [3.8, 4) is 0 Å². The highest BCUT2D eigenvalue weighted by atomic mass is 16.3. The fourth-order valence-corrected chi connectivity index (χ4v) is 11.1. The second-order valence-electron chi connectivity index (χ2n) is 23.6. The van der Waals surface area contributed by atoms with Crippen LogP contribution in [0.2, 0.25) is 0 Å². The van der Waals surface area contributed by atoms with E-state index in [1.54, 1.807) is 0 Å². The molecule has 0 aliphatic carbocycles. The molecule has 0 saturated carbocycles. The van der Waals surface area contributed by atoms with E-state index in [1.807, 2.05) is 0 Å². The van der Waals surface area contributed by atoms with Gasteiger partial charge in [-0.25, -0.2) is 0 Å². The van der Waals surface area contributed by atoms with E-state index in [0.717, 1.165) is 25.7 Å². The first-order chi connectivity index (χ1) is 35.7. The number of allylic oxidation sites excluding steroid dienone is 2. The summed E-state index contributed by atoms with van der Waals surface area (Å²) in [6.07, 6.45) is 85.5. The predicted molar refractivity (Wildman–Crippen MR) is 323 cm³/mol. The zero-order valence-electron chi connectivity index (χ0n) is 49.7. The fourth-order valence-electron chi connectivity index (χ4n) is 11.1. The molecule has 0 heterocycles. The number of amides is 1. The normalized spacial score (nSPS) is 12.7. The number of aliphatic hydroxyl groups is 2. The summed E-state index contributed by atoms with van der Waals surface area (Å²) in [7, 11) is 0. The average molecular weight is 1010 g/mol. The molecule has 4 nitrogen and oxygen atoms in total. The van der Waals surface area contributed by atoms with Crippen LogP contribution in [0.1, 0.15) is 399 Å². The topological polar surface area (TPSA) is 69.6 Å². The number of rotatable bonds is 64. The Hall–Kier alpha value is -0.870. The number of unbranched alkanes of at least 4 members (excludes halogenated alkanes) is 55. The van der Waals surface area contributed by atoms with Gasteiger partial charge in [0.25, 0.3) is 0 Å². The summed E-state index contributed by atoms with van der Waals surface area (Å²) in [5.74, 6) is -0.0216. The van der Waals surface area contributed by atoms with Crippen LogP contribution >= 0.6 is 0 Å². The Morgan fingerprint density at radius 1 is 0.319 bits per heavy atom. The monoisotopic (exact) mass is 1010 g/mol. The first-order valence-electron chi connectivity index (χ1n) is 33.9. The summed E-state index contributed by atoms with van der Waals surface area (Å²) in [6, 6.07) is -0.534. The summed E-state index contributed by atoms with van der Waals surface area (Å²) in [6.45, 7) is 4.41.